The zero-order chi connectivity index (χ0) is 20.2. The lowest BCUT2D eigenvalue weighted by Crippen LogP contribution is -2.15. The Bertz CT molecular complexity index is 1130. The average Bonchev–Trinajstić information content (AvgIpc) is 3.45. The number of thiazole rings is 1. The van der Waals surface area contributed by atoms with Crippen LogP contribution in [0, 0.1) is 6.92 Å². The Balaban J connectivity index is 1.33. The van der Waals surface area contributed by atoms with Gasteiger partial charge in [0.25, 0.3) is 5.91 Å². The third-order valence-corrected chi connectivity index (χ3v) is 4.92. The van der Waals surface area contributed by atoms with Crippen molar-refractivity contribution in [1.29, 1.82) is 0 Å². The number of amides is 2. The number of furan rings is 2. The van der Waals surface area contributed by atoms with Crippen LogP contribution in [0.1, 0.15) is 22.0 Å². The van der Waals surface area contributed by atoms with Crippen molar-refractivity contribution in [2.45, 2.75) is 13.3 Å². The van der Waals surface area contributed by atoms with Crippen LogP contribution in [-0.2, 0) is 11.2 Å². The molecule has 29 heavy (non-hydrogen) atoms. The van der Waals surface area contributed by atoms with Gasteiger partial charge in [-0.2, -0.15) is 0 Å². The van der Waals surface area contributed by atoms with Crippen molar-refractivity contribution in [2.24, 2.45) is 0 Å². The number of hydrogen-bond donors (Lipinski definition) is 2. The molecule has 0 aliphatic heterocycles. The molecule has 0 bridgehead atoms. The molecule has 146 valence electrons. The molecule has 4 rings (SSSR count). The van der Waals surface area contributed by atoms with E-state index >= 15 is 0 Å². The molecule has 0 spiro atoms. The maximum Gasteiger partial charge on any atom is 0.291 e. The summed E-state index contributed by atoms with van der Waals surface area (Å²) in [7, 11) is 0. The molecule has 2 N–H and O–H groups in total. The number of benzene rings is 1. The Labute approximate surface area is 170 Å². The third-order valence-electron chi connectivity index (χ3n) is 4.02. The number of carbonyl (C=O) groups is 2. The Morgan fingerprint density at radius 3 is 2.45 bits per heavy atom. The van der Waals surface area contributed by atoms with Crippen LogP contribution in [0.4, 0.5) is 11.4 Å². The minimum atomic E-state index is -0.335. The van der Waals surface area contributed by atoms with Crippen LogP contribution in [-0.4, -0.2) is 16.8 Å². The Morgan fingerprint density at radius 2 is 1.79 bits per heavy atom. The lowest BCUT2D eigenvalue weighted by atomic mass is 10.2. The van der Waals surface area contributed by atoms with Crippen molar-refractivity contribution in [3.05, 3.63) is 77.4 Å². The molecule has 0 fully saturated rings. The molecule has 0 unspecified atom stereocenters. The zero-order valence-electron chi connectivity index (χ0n) is 15.5. The summed E-state index contributed by atoms with van der Waals surface area (Å²) in [6.07, 6.45) is 1.60. The van der Waals surface area contributed by atoms with E-state index in [0.29, 0.717) is 22.8 Å². The first-order chi connectivity index (χ1) is 14.1. The van der Waals surface area contributed by atoms with Crippen LogP contribution in [0.5, 0.6) is 0 Å². The van der Waals surface area contributed by atoms with E-state index in [-0.39, 0.29) is 24.0 Å². The number of hydrogen-bond acceptors (Lipinski definition) is 6. The normalized spacial score (nSPS) is 10.7. The van der Waals surface area contributed by atoms with E-state index < -0.39 is 0 Å². The van der Waals surface area contributed by atoms with E-state index in [0.717, 1.165) is 10.8 Å². The summed E-state index contributed by atoms with van der Waals surface area (Å²) in [6, 6.07) is 13.8. The highest BCUT2D eigenvalue weighted by molar-refractivity contribution is 7.13. The van der Waals surface area contributed by atoms with Crippen molar-refractivity contribution in [3.8, 4) is 10.8 Å². The quantitative estimate of drug-likeness (QED) is 0.481. The summed E-state index contributed by atoms with van der Waals surface area (Å²) >= 11 is 1.44. The maximum atomic E-state index is 12.3. The summed E-state index contributed by atoms with van der Waals surface area (Å²) in [6.45, 7) is 1.87. The van der Waals surface area contributed by atoms with Gasteiger partial charge in [0.2, 0.25) is 5.91 Å². The van der Waals surface area contributed by atoms with E-state index in [2.05, 4.69) is 15.6 Å². The van der Waals surface area contributed by atoms with E-state index in [1.807, 2.05) is 24.4 Å². The van der Waals surface area contributed by atoms with Crippen molar-refractivity contribution in [2.75, 3.05) is 10.6 Å². The summed E-state index contributed by atoms with van der Waals surface area (Å²) in [4.78, 5) is 28.7. The highest BCUT2D eigenvalue weighted by Gasteiger charge is 2.12. The number of nitrogens with one attached hydrogen (secondary N) is 2. The molecular formula is C21H17N3O4S. The third kappa shape index (κ3) is 4.61. The number of rotatable bonds is 6. The van der Waals surface area contributed by atoms with Gasteiger partial charge in [-0.3, -0.25) is 9.59 Å². The average molecular weight is 407 g/mol. The Hall–Kier alpha value is -3.65. The molecule has 0 saturated carbocycles. The standard InChI is InChI=1S/C21H17N3O4S/c1-13-4-9-18(28-13)21-24-16(12-29-21)11-19(25)22-14-5-7-15(8-6-14)23-20(26)17-3-2-10-27-17/h2-10,12H,11H2,1H3,(H,22,25)(H,23,26). The fourth-order valence-corrected chi connectivity index (χ4v) is 3.44. The molecule has 3 aromatic heterocycles. The van der Waals surface area contributed by atoms with Gasteiger partial charge in [0.05, 0.1) is 18.4 Å². The zero-order valence-corrected chi connectivity index (χ0v) is 16.3. The van der Waals surface area contributed by atoms with E-state index in [4.69, 9.17) is 8.83 Å². The number of aromatic nitrogens is 1. The van der Waals surface area contributed by atoms with Gasteiger partial charge in [-0.15, -0.1) is 11.3 Å². The largest absolute Gasteiger partial charge is 0.459 e. The number of nitrogens with zero attached hydrogens (tertiary/aromatic N) is 1. The van der Waals surface area contributed by atoms with Gasteiger partial charge in [-0.25, -0.2) is 4.98 Å². The molecule has 1 aromatic carbocycles. The Morgan fingerprint density at radius 1 is 1.03 bits per heavy atom. The topological polar surface area (TPSA) is 97.4 Å². The molecule has 0 atom stereocenters. The van der Waals surface area contributed by atoms with Crippen molar-refractivity contribution < 1.29 is 18.4 Å². The smallest absolute Gasteiger partial charge is 0.291 e. The van der Waals surface area contributed by atoms with Crippen LogP contribution in [0.2, 0.25) is 0 Å². The van der Waals surface area contributed by atoms with Gasteiger partial charge in [-0.1, -0.05) is 0 Å². The molecule has 0 aliphatic rings. The van der Waals surface area contributed by atoms with Crippen LogP contribution in [0.3, 0.4) is 0 Å². The van der Waals surface area contributed by atoms with Gasteiger partial charge in [0.15, 0.2) is 16.5 Å². The fraction of sp³-hybridized carbons (Fsp3) is 0.0952. The summed E-state index contributed by atoms with van der Waals surface area (Å²) in [5, 5.41) is 8.14. The Kier molecular flexibility index (Phi) is 5.26. The van der Waals surface area contributed by atoms with Crippen LogP contribution in [0.25, 0.3) is 10.8 Å². The molecule has 7 nitrogen and oxygen atoms in total. The number of aryl methyl sites for hydroxylation is 1. The van der Waals surface area contributed by atoms with Crippen molar-refractivity contribution >= 4 is 34.5 Å². The van der Waals surface area contributed by atoms with Crippen molar-refractivity contribution in [1.82, 2.24) is 4.98 Å². The van der Waals surface area contributed by atoms with Gasteiger partial charge >= 0.3 is 0 Å². The van der Waals surface area contributed by atoms with Gasteiger partial charge < -0.3 is 19.5 Å². The predicted molar refractivity (Wildman–Crippen MR) is 110 cm³/mol. The summed E-state index contributed by atoms with van der Waals surface area (Å²) in [5.74, 6) is 1.24. The van der Waals surface area contributed by atoms with E-state index in [1.165, 1.54) is 17.6 Å². The molecule has 8 heteroatoms. The fourth-order valence-electron chi connectivity index (χ4n) is 2.66. The maximum absolute atomic E-state index is 12.3. The lowest BCUT2D eigenvalue weighted by molar-refractivity contribution is -0.115. The van der Waals surface area contributed by atoms with Gasteiger partial charge in [0.1, 0.15) is 5.76 Å². The summed E-state index contributed by atoms with van der Waals surface area (Å²) in [5.41, 5.74) is 1.91. The van der Waals surface area contributed by atoms with Crippen LogP contribution >= 0.6 is 11.3 Å². The molecular weight excluding hydrogens is 390 g/mol. The van der Waals surface area contributed by atoms with E-state index in [9.17, 15) is 9.59 Å². The first-order valence-corrected chi connectivity index (χ1v) is 9.71. The van der Waals surface area contributed by atoms with Gasteiger partial charge in [-0.05, 0) is 55.5 Å². The van der Waals surface area contributed by atoms with Gasteiger partial charge in [0, 0.05) is 16.8 Å². The SMILES string of the molecule is Cc1ccc(-c2nc(CC(=O)Nc3ccc(NC(=O)c4ccco4)cc3)cs2)o1. The highest BCUT2D eigenvalue weighted by Crippen LogP contribution is 2.26. The second kappa shape index (κ2) is 8.15. The molecule has 2 amide bonds. The first kappa shape index (κ1) is 18.7. The molecule has 0 saturated heterocycles. The van der Waals surface area contributed by atoms with E-state index in [1.54, 1.807) is 36.4 Å². The first-order valence-electron chi connectivity index (χ1n) is 8.83. The summed E-state index contributed by atoms with van der Waals surface area (Å²) < 4.78 is 10.6. The lowest BCUT2D eigenvalue weighted by Gasteiger charge is -2.07. The predicted octanol–water partition coefficient (Wildman–Crippen LogP) is 4.74. The number of carbonyl (C=O) groups excluding carboxylic acids is 2. The minimum Gasteiger partial charge on any atom is -0.459 e. The van der Waals surface area contributed by atoms with Crippen molar-refractivity contribution in [3.63, 3.8) is 0 Å². The molecule has 3 heterocycles. The minimum absolute atomic E-state index is 0.160. The van der Waals surface area contributed by atoms with Crippen LogP contribution < -0.4 is 10.6 Å². The highest BCUT2D eigenvalue weighted by atomic mass is 32.1. The van der Waals surface area contributed by atoms with Crippen LogP contribution in [0.15, 0.2) is 69.0 Å². The second-order valence-electron chi connectivity index (χ2n) is 6.29. The second-order valence-corrected chi connectivity index (χ2v) is 7.15. The molecule has 4 aromatic rings. The monoisotopic (exact) mass is 407 g/mol. The number of anilines is 2. The molecule has 0 aliphatic carbocycles. The molecule has 0 radical (unpaired) electrons.